The molecule has 2 aromatic carbocycles. The van der Waals surface area contributed by atoms with Crippen LogP contribution in [0.2, 0.25) is 0 Å². The van der Waals surface area contributed by atoms with E-state index >= 15 is 0 Å². The number of hydrogen-bond acceptors (Lipinski definition) is 4. The molecule has 2 aromatic rings. The molecule has 0 amide bonds. The summed E-state index contributed by atoms with van der Waals surface area (Å²) in [7, 11) is -3.50. The molecule has 0 saturated carbocycles. The van der Waals surface area contributed by atoms with Gasteiger partial charge in [0.05, 0.1) is 16.5 Å². The van der Waals surface area contributed by atoms with Gasteiger partial charge in [0.15, 0.2) is 0 Å². The summed E-state index contributed by atoms with van der Waals surface area (Å²) in [5.41, 5.74) is 6.70. The van der Waals surface area contributed by atoms with Gasteiger partial charge < -0.3 is 5.73 Å². The number of nitrogens with two attached hydrogens (primary N) is 2. The fourth-order valence-electron chi connectivity index (χ4n) is 1.17. The fraction of sp³-hybridized carbons (Fsp3) is 0. The molecule has 5 nitrogen and oxygen atoms in total. The standard InChI is InChI=1S/C7H6N2.C6H7NO2S/c8-5-6-1-3-7(9)4-2-6;7-10(8,9)6-4-2-1-3-5-6/h1-4H,9H2;1-5H,(H2,7,8,9). The minimum Gasteiger partial charge on any atom is -0.399 e. The first kappa shape index (κ1) is 14.7. The highest BCUT2D eigenvalue weighted by molar-refractivity contribution is 7.89. The van der Waals surface area contributed by atoms with Gasteiger partial charge in [-0.3, -0.25) is 0 Å². The van der Waals surface area contributed by atoms with Crippen LogP contribution in [0, 0.1) is 11.3 Å². The van der Waals surface area contributed by atoms with Crippen LogP contribution >= 0.6 is 0 Å². The minimum absolute atomic E-state index is 0.148. The number of nitrogen functional groups attached to an aromatic ring is 1. The summed E-state index contributed by atoms with van der Waals surface area (Å²) in [6.07, 6.45) is 0. The molecule has 98 valence electrons. The molecule has 0 saturated heterocycles. The van der Waals surface area contributed by atoms with Crippen LogP contribution in [-0.4, -0.2) is 8.42 Å². The van der Waals surface area contributed by atoms with Gasteiger partial charge in [-0.2, -0.15) is 5.26 Å². The number of benzene rings is 2. The molecule has 0 atom stereocenters. The van der Waals surface area contributed by atoms with Crippen molar-refractivity contribution in [2.75, 3.05) is 5.73 Å². The van der Waals surface area contributed by atoms with Crippen LogP contribution in [-0.2, 0) is 10.0 Å². The lowest BCUT2D eigenvalue weighted by atomic mass is 10.2. The first-order chi connectivity index (χ1) is 8.93. The van der Waals surface area contributed by atoms with Crippen molar-refractivity contribution in [3.63, 3.8) is 0 Å². The number of sulfonamides is 1. The first-order valence-corrected chi connectivity index (χ1v) is 6.81. The summed E-state index contributed by atoms with van der Waals surface area (Å²) in [5.74, 6) is 0. The summed E-state index contributed by atoms with van der Waals surface area (Å²) in [5, 5.41) is 13.2. The third-order valence-corrected chi connectivity index (χ3v) is 3.04. The minimum atomic E-state index is -3.50. The Morgan fingerprint density at radius 2 is 1.47 bits per heavy atom. The highest BCUT2D eigenvalue weighted by Crippen LogP contribution is 2.03. The van der Waals surface area contributed by atoms with Gasteiger partial charge in [-0.25, -0.2) is 13.6 Å². The molecule has 0 fully saturated rings. The smallest absolute Gasteiger partial charge is 0.238 e. The maximum absolute atomic E-state index is 10.6. The SMILES string of the molecule is N#Cc1ccc(N)cc1.NS(=O)(=O)c1ccccc1. The average Bonchev–Trinajstić information content (AvgIpc) is 2.40. The van der Waals surface area contributed by atoms with Crippen molar-refractivity contribution in [3.05, 3.63) is 60.2 Å². The van der Waals surface area contributed by atoms with Crippen molar-refractivity contribution in [1.29, 1.82) is 5.26 Å². The van der Waals surface area contributed by atoms with Gasteiger partial charge in [-0.15, -0.1) is 0 Å². The molecular weight excluding hydrogens is 262 g/mol. The van der Waals surface area contributed by atoms with Crippen LogP contribution in [0.25, 0.3) is 0 Å². The molecule has 0 aliphatic heterocycles. The van der Waals surface area contributed by atoms with E-state index in [9.17, 15) is 8.42 Å². The van der Waals surface area contributed by atoms with Crippen LogP contribution < -0.4 is 10.9 Å². The second kappa shape index (κ2) is 6.54. The lowest BCUT2D eigenvalue weighted by Crippen LogP contribution is -2.11. The lowest BCUT2D eigenvalue weighted by molar-refractivity contribution is 0.598. The second-order valence-electron chi connectivity index (χ2n) is 3.59. The molecule has 0 bridgehead atoms. The molecule has 0 spiro atoms. The average molecular weight is 275 g/mol. The second-order valence-corrected chi connectivity index (χ2v) is 5.15. The van der Waals surface area contributed by atoms with Crippen molar-refractivity contribution >= 4 is 15.7 Å². The van der Waals surface area contributed by atoms with E-state index in [1.807, 2.05) is 6.07 Å². The summed E-state index contributed by atoms with van der Waals surface area (Å²) < 4.78 is 21.2. The molecule has 0 aromatic heterocycles. The number of rotatable bonds is 1. The topological polar surface area (TPSA) is 110 Å². The maximum atomic E-state index is 10.6. The van der Waals surface area contributed by atoms with Gasteiger partial charge in [-0.1, -0.05) is 18.2 Å². The Bertz CT molecular complexity index is 659. The number of nitrogens with zero attached hydrogens (tertiary/aromatic N) is 1. The van der Waals surface area contributed by atoms with Crippen molar-refractivity contribution < 1.29 is 8.42 Å². The molecule has 0 aliphatic carbocycles. The predicted octanol–water partition coefficient (Wildman–Crippen LogP) is 1.47. The molecule has 0 heterocycles. The zero-order chi connectivity index (χ0) is 14.3. The quantitative estimate of drug-likeness (QED) is 0.768. The number of anilines is 1. The Morgan fingerprint density at radius 3 is 1.84 bits per heavy atom. The Labute approximate surface area is 112 Å². The zero-order valence-corrected chi connectivity index (χ0v) is 10.8. The molecule has 2 rings (SSSR count). The highest BCUT2D eigenvalue weighted by Gasteiger charge is 2.03. The predicted molar refractivity (Wildman–Crippen MR) is 73.4 cm³/mol. The van der Waals surface area contributed by atoms with Crippen molar-refractivity contribution in [1.82, 2.24) is 0 Å². The van der Waals surface area contributed by atoms with Crippen LogP contribution in [0.4, 0.5) is 5.69 Å². The van der Waals surface area contributed by atoms with Crippen LogP contribution in [0.15, 0.2) is 59.5 Å². The molecule has 0 aliphatic rings. The largest absolute Gasteiger partial charge is 0.399 e. The van der Waals surface area contributed by atoms with E-state index in [0.717, 1.165) is 0 Å². The highest BCUT2D eigenvalue weighted by atomic mass is 32.2. The molecule has 19 heavy (non-hydrogen) atoms. The van der Waals surface area contributed by atoms with E-state index in [4.69, 9.17) is 16.1 Å². The van der Waals surface area contributed by atoms with Gasteiger partial charge in [0, 0.05) is 5.69 Å². The Morgan fingerprint density at radius 1 is 0.947 bits per heavy atom. The van der Waals surface area contributed by atoms with Crippen molar-refractivity contribution in [2.24, 2.45) is 5.14 Å². The van der Waals surface area contributed by atoms with E-state index < -0.39 is 10.0 Å². The lowest BCUT2D eigenvalue weighted by Gasteiger charge is -1.93. The molecule has 6 heteroatoms. The Hall–Kier alpha value is -2.36. The van der Waals surface area contributed by atoms with Crippen LogP contribution in [0.1, 0.15) is 5.56 Å². The summed E-state index contributed by atoms with van der Waals surface area (Å²) in [6.45, 7) is 0. The Kier molecular flexibility index (Phi) is 5.06. The van der Waals surface area contributed by atoms with E-state index in [-0.39, 0.29) is 4.90 Å². The molecule has 0 unspecified atom stereocenters. The number of hydrogen-bond donors (Lipinski definition) is 2. The van der Waals surface area contributed by atoms with Crippen molar-refractivity contribution in [3.8, 4) is 6.07 Å². The molecular formula is C13H13N3O2S. The van der Waals surface area contributed by atoms with E-state index in [1.165, 1.54) is 12.1 Å². The van der Waals surface area contributed by atoms with Gasteiger partial charge >= 0.3 is 0 Å². The van der Waals surface area contributed by atoms with Gasteiger partial charge in [0.25, 0.3) is 0 Å². The monoisotopic (exact) mass is 275 g/mol. The van der Waals surface area contributed by atoms with Crippen LogP contribution in [0.3, 0.4) is 0 Å². The van der Waals surface area contributed by atoms with E-state index in [1.54, 1.807) is 42.5 Å². The third kappa shape index (κ3) is 5.21. The van der Waals surface area contributed by atoms with E-state index in [2.05, 4.69) is 0 Å². The summed E-state index contributed by atoms with van der Waals surface area (Å²) >= 11 is 0. The summed E-state index contributed by atoms with van der Waals surface area (Å²) in [4.78, 5) is 0.148. The number of primary sulfonamides is 1. The third-order valence-electron chi connectivity index (χ3n) is 2.11. The van der Waals surface area contributed by atoms with Crippen LogP contribution in [0.5, 0.6) is 0 Å². The van der Waals surface area contributed by atoms with E-state index in [0.29, 0.717) is 11.3 Å². The zero-order valence-electron chi connectivity index (χ0n) is 10.0. The molecule has 0 radical (unpaired) electrons. The molecule has 4 N–H and O–H groups in total. The fourth-order valence-corrected chi connectivity index (χ4v) is 1.70. The normalized spacial score (nSPS) is 9.89. The van der Waals surface area contributed by atoms with Gasteiger partial charge in [-0.05, 0) is 36.4 Å². The Balaban J connectivity index is 0.000000191. The first-order valence-electron chi connectivity index (χ1n) is 5.27. The van der Waals surface area contributed by atoms with Gasteiger partial charge in [0.2, 0.25) is 10.0 Å². The van der Waals surface area contributed by atoms with Crippen molar-refractivity contribution in [2.45, 2.75) is 4.90 Å². The number of nitriles is 1. The maximum Gasteiger partial charge on any atom is 0.238 e. The summed E-state index contributed by atoms with van der Waals surface area (Å²) in [6, 6.07) is 16.7. The van der Waals surface area contributed by atoms with Gasteiger partial charge in [0.1, 0.15) is 0 Å².